The van der Waals surface area contributed by atoms with E-state index in [9.17, 15) is 0 Å². The number of likely N-dealkylation sites (N-methyl/N-ethyl adjacent to an activating group) is 1. The summed E-state index contributed by atoms with van der Waals surface area (Å²) in [6, 6.07) is 14.3. The number of fused-ring (bicyclic) bond motifs is 1. The molecule has 2 aromatic carbocycles. The Morgan fingerprint density at radius 1 is 1.05 bits per heavy atom. The molecule has 1 aliphatic heterocycles. The summed E-state index contributed by atoms with van der Waals surface area (Å²) in [5, 5.41) is 0.764. The van der Waals surface area contributed by atoms with E-state index in [2.05, 4.69) is 41.1 Å². The highest BCUT2D eigenvalue weighted by Crippen LogP contribution is 2.34. The van der Waals surface area contributed by atoms with Crippen molar-refractivity contribution in [1.82, 2.24) is 4.90 Å². The van der Waals surface area contributed by atoms with Crippen LogP contribution in [-0.4, -0.2) is 32.1 Å². The third-order valence-electron chi connectivity index (χ3n) is 3.86. The van der Waals surface area contributed by atoms with E-state index in [0.29, 0.717) is 0 Å². The van der Waals surface area contributed by atoms with Gasteiger partial charge in [-0.3, -0.25) is 0 Å². The number of nitrogens with zero attached hydrogens (tertiary/aromatic N) is 2. The number of anilines is 2. The lowest BCUT2D eigenvalue weighted by Crippen LogP contribution is -2.26. The van der Waals surface area contributed by atoms with Gasteiger partial charge in [0.05, 0.1) is 7.11 Å². The van der Waals surface area contributed by atoms with Crippen LogP contribution < -0.4 is 9.64 Å². The average molecular weight is 303 g/mol. The molecule has 0 N–H and O–H groups in total. The van der Waals surface area contributed by atoms with E-state index >= 15 is 0 Å². The van der Waals surface area contributed by atoms with Crippen LogP contribution in [0.25, 0.3) is 0 Å². The second kappa shape index (κ2) is 5.96. The topological polar surface area (TPSA) is 15.7 Å². The summed E-state index contributed by atoms with van der Waals surface area (Å²) >= 11 is 6.00. The highest BCUT2D eigenvalue weighted by atomic mass is 35.5. The number of rotatable bonds is 2. The molecule has 0 amide bonds. The normalized spacial score (nSPS) is 15.5. The van der Waals surface area contributed by atoms with Crippen LogP contribution in [0, 0.1) is 0 Å². The lowest BCUT2D eigenvalue weighted by molar-refractivity contribution is 0.342. The lowest BCUT2D eigenvalue weighted by Gasteiger charge is -2.25. The summed E-state index contributed by atoms with van der Waals surface area (Å²) < 4.78 is 5.36. The number of methoxy groups -OCH3 is 1. The molecule has 0 fully saturated rings. The molecule has 0 aliphatic carbocycles. The molecule has 0 unspecified atom stereocenters. The molecule has 21 heavy (non-hydrogen) atoms. The van der Waals surface area contributed by atoms with Crippen LogP contribution in [0.5, 0.6) is 5.75 Å². The van der Waals surface area contributed by atoms with Gasteiger partial charge in [0.2, 0.25) is 0 Å². The van der Waals surface area contributed by atoms with Crippen LogP contribution in [0.4, 0.5) is 11.4 Å². The zero-order valence-corrected chi connectivity index (χ0v) is 13.1. The number of halogens is 1. The first kappa shape index (κ1) is 14.2. The van der Waals surface area contributed by atoms with Gasteiger partial charge in [-0.25, -0.2) is 0 Å². The van der Waals surface area contributed by atoms with Gasteiger partial charge < -0.3 is 14.5 Å². The largest absolute Gasteiger partial charge is 0.497 e. The fraction of sp³-hybridized carbons (Fsp3) is 0.294. The van der Waals surface area contributed by atoms with Crippen molar-refractivity contribution in [2.75, 3.05) is 32.1 Å². The van der Waals surface area contributed by atoms with E-state index in [0.717, 1.165) is 30.4 Å². The van der Waals surface area contributed by atoms with Gasteiger partial charge in [-0.15, -0.1) is 0 Å². The van der Waals surface area contributed by atoms with E-state index in [1.807, 2.05) is 18.2 Å². The van der Waals surface area contributed by atoms with Gasteiger partial charge in [0.15, 0.2) is 0 Å². The van der Waals surface area contributed by atoms with Gasteiger partial charge in [-0.2, -0.15) is 0 Å². The second-order valence-electron chi connectivity index (χ2n) is 5.36. The molecule has 0 spiro atoms. The van der Waals surface area contributed by atoms with Crippen LogP contribution in [-0.2, 0) is 6.54 Å². The zero-order valence-electron chi connectivity index (χ0n) is 12.3. The highest BCUT2D eigenvalue weighted by molar-refractivity contribution is 6.30. The molecule has 2 aromatic rings. The first-order valence-corrected chi connectivity index (χ1v) is 7.44. The Kier molecular flexibility index (Phi) is 4.04. The molecule has 0 saturated heterocycles. The molecule has 1 heterocycles. The third kappa shape index (κ3) is 2.99. The van der Waals surface area contributed by atoms with E-state index < -0.39 is 0 Å². The molecule has 3 rings (SSSR count). The van der Waals surface area contributed by atoms with Gasteiger partial charge in [0.1, 0.15) is 5.75 Å². The second-order valence-corrected chi connectivity index (χ2v) is 5.80. The van der Waals surface area contributed by atoms with Crippen LogP contribution in [0.3, 0.4) is 0 Å². The Labute approximate surface area is 130 Å². The summed E-state index contributed by atoms with van der Waals surface area (Å²) in [6.07, 6.45) is 0. The molecular formula is C17H19ClN2O. The molecule has 110 valence electrons. The van der Waals surface area contributed by atoms with Crippen LogP contribution in [0.2, 0.25) is 5.02 Å². The number of benzene rings is 2. The van der Waals surface area contributed by atoms with Crippen molar-refractivity contribution >= 4 is 23.0 Å². The maximum Gasteiger partial charge on any atom is 0.119 e. The lowest BCUT2D eigenvalue weighted by atomic mass is 10.1. The summed E-state index contributed by atoms with van der Waals surface area (Å²) in [5.41, 5.74) is 3.69. The van der Waals surface area contributed by atoms with E-state index in [1.54, 1.807) is 7.11 Å². The van der Waals surface area contributed by atoms with E-state index in [-0.39, 0.29) is 0 Å². The zero-order chi connectivity index (χ0) is 14.8. The summed E-state index contributed by atoms with van der Waals surface area (Å²) in [7, 11) is 3.85. The maximum atomic E-state index is 6.00. The smallest absolute Gasteiger partial charge is 0.119 e. The van der Waals surface area contributed by atoms with Gasteiger partial charge in [-0.05, 0) is 55.1 Å². The van der Waals surface area contributed by atoms with Gasteiger partial charge in [0, 0.05) is 36.0 Å². The number of hydrogen-bond acceptors (Lipinski definition) is 3. The fourth-order valence-electron chi connectivity index (χ4n) is 2.73. The highest BCUT2D eigenvalue weighted by Gasteiger charge is 2.19. The Morgan fingerprint density at radius 2 is 1.81 bits per heavy atom. The van der Waals surface area contributed by atoms with Crippen molar-refractivity contribution in [3.63, 3.8) is 0 Å². The Balaban J connectivity index is 2.04. The van der Waals surface area contributed by atoms with Crippen LogP contribution in [0.15, 0.2) is 42.5 Å². The average Bonchev–Trinajstić information content (AvgIpc) is 2.65. The molecule has 0 atom stereocenters. The first-order chi connectivity index (χ1) is 10.2. The maximum absolute atomic E-state index is 6.00. The number of hydrogen-bond donors (Lipinski definition) is 0. The monoisotopic (exact) mass is 302 g/mol. The Morgan fingerprint density at radius 3 is 2.52 bits per heavy atom. The SMILES string of the molecule is COc1ccc2c(c1)CN(C)CCN2c1ccc(Cl)cc1. The molecular weight excluding hydrogens is 284 g/mol. The van der Waals surface area contributed by atoms with Crippen molar-refractivity contribution in [1.29, 1.82) is 0 Å². The van der Waals surface area contributed by atoms with Gasteiger partial charge in [0.25, 0.3) is 0 Å². The minimum atomic E-state index is 0.764. The molecule has 0 saturated carbocycles. The molecule has 4 heteroatoms. The number of ether oxygens (including phenoxy) is 1. The van der Waals surface area contributed by atoms with Crippen LogP contribution in [0.1, 0.15) is 5.56 Å². The minimum absolute atomic E-state index is 0.764. The Hall–Kier alpha value is -1.71. The molecule has 3 nitrogen and oxygen atoms in total. The Bertz CT molecular complexity index is 627. The molecule has 1 aliphatic rings. The third-order valence-corrected chi connectivity index (χ3v) is 4.11. The van der Waals surface area contributed by atoms with Crippen molar-refractivity contribution in [3.05, 3.63) is 53.1 Å². The summed E-state index contributed by atoms with van der Waals surface area (Å²) in [5.74, 6) is 0.903. The van der Waals surface area contributed by atoms with Gasteiger partial charge in [-0.1, -0.05) is 11.6 Å². The predicted octanol–water partition coefficient (Wildman–Crippen LogP) is 3.93. The molecule has 0 radical (unpaired) electrons. The quantitative estimate of drug-likeness (QED) is 0.836. The van der Waals surface area contributed by atoms with Crippen LogP contribution >= 0.6 is 11.6 Å². The molecule has 0 aromatic heterocycles. The minimum Gasteiger partial charge on any atom is -0.497 e. The standard InChI is InChI=1S/C17H19ClN2O/c1-19-9-10-20(15-5-3-14(18)4-6-15)17-8-7-16(21-2)11-13(17)12-19/h3-8,11H,9-10,12H2,1-2H3. The van der Waals surface area contributed by atoms with Crippen molar-refractivity contribution in [2.24, 2.45) is 0 Å². The van der Waals surface area contributed by atoms with Crippen molar-refractivity contribution < 1.29 is 4.74 Å². The summed E-state index contributed by atoms with van der Waals surface area (Å²) in [6.45, 7) is 2.90. The van der Waals surface area contributed by atoms with E-state index in [4.69, 9.17) is 16.3 Å². The molecule has 0 bridgehead atoms. The van der Waals surface area contributed by atoms with E-state index in [1.165, 1.54) is 16.9 Å². The first-order valence-electron chi connectivity index (χ1n) is 7.06. The summed E-state index contributed by atoms with van der Waals surface area (Å²) in [4.78, 5) is 4.67. The van der Waals surface area contributed by atoms with Crippen molar-refractivity contribution in [2.45, 2.75) is 6.54 Å². The predicted molar refractivity (Wildman–Crippen MR) is 87.8 cm³/mol. The van der Waals surface area contributed by atoms with Gasteiger partial charge >= 0.3 is 0 Å². The fourth-order valence-corrected chi connectivity index (χ4v) is 2.86. The van der Waals surface area contributed by atoms with Crippen molar-refractivity contribution in [3.8, 4) is 5.75 Å².